The molecule has 0 radical (unpaired) electrons. The van der Waals surface area contributed by atoms with Crippen LogP contribution in [-0.2, 0) is 16.0 Å². The van der Waals surface area contributed by atoms with Gasteiger partial charge in [0.2, 0.25) is 0 Å². The third-order valence-electron chi connectivity index (χ3n) is 5.96. The van der Waals surface area contributed by atoms with Crippen molar-refractivity contribution in [3.8, 4) is 17.2 Å². The number of aromatic nitrogens is 1. The van der Waals surface area contributed by atoms with Crippen molar-refractivity contribution >= 4 is 33.9 Å². The third kappa shape index (κ3) is 3.49. The van der Waals surface area contributed by atoms with E-state index in [2.05, 4.69) is 4.98 Å². The Kier molecular flexibility index (Phi) is 5.49. The number of methoxy groups -OCH3 is 2. The van der Waals surface area contributed by atoms with Gasteiger partial charge in [-0.25, -0.2) is 4.98 Å². The molecule has 1 fully saturated rings. The number of thiazole rings is 1. The zero-order chi connectivity index (χ0) is 24.0. The summed E-state index contributed by atoms with van der Waals surface area (Å²) in [5.74, 6) is -0.0890. The molecular weight excluding hydrogens is 456 g/mol. The second kappa shape index (κ2) is 8.49. The standard InChI is InChI=1S/C25H22N2O6S/c1-13-10-16-11-15(5-6-17(16)33-13)22(28)20-21(14-4-7-18(31-2)19(12-14)32-3)27(24(30)23(20)29)25-26-8-9-34-25/h4-9,11-13,21,28H,10H2,1-3H3/b22-20+/t13-,21-/m1/s1. The Morgan fingerprint density at radius 3 is 2.65 bits per heavy atom. The average molecular weight is 479 g/mol. The Balaban J connectivity index is 1.69. The summed E-state index contributed by atoms with van der Waals surface area (Å²) in [6.45, 7) is 1.97. The van der Waals surface area contributed by atoms with Gasteiger partial charge in [-0.05, 0) is 48.4 Å². The number of nitrogens with zero attached hydrogens (tertiary/aromatic N) is 2. The van der Waals surface area contributed by atoms with Gasteiger partial charge in [-0.15, -0.1) is 11.3 Å². The predicted octanol–water partition coefficient (Wildman–Crippen LogP) is 4.11. The lowest BCUT2D eigenvalue weighted by molar-refractivity contribution is -0.132. The minimum absolute atomic E-state index is 0.0145. The molecule has 0 aliphatic carbocycles. The van der Waals surface area contributed by atoms with Gasteiger partial charge >= 0.3 is 5.91 Å². The van der Waals surface area contributed by atoms with Gasteiger partial charge in [-0.3, -0.25) is 14.5 Å². The van der Waals surface area contributed by atoms with Crippen molar-refractivity contribution in [2.24, 2.45) is 0 Å². The van der Waals surface area contributed by atoms with E-state index in [1.54, 1.807) is 48.0 Å². The minimum atomic E-state index is -0.894. The van der Waals surface area contributed by atoms with Crippen molar-refractivity contribution in [1.29, 1.82) is 0 Å². The summed E-state index contributed by atoms with van der Waals surface area (Å²) >= 11 is 1.23. The van der Waals surface area contributed by atoms with Gasteiger partial charge in [-0.1, -0.05) is 6.07 Å². The maximum Gasteiger partial charge on any atom is 0.301 e. The highest BCUT2D eigenvalue weighted by atomic mass is 32.1. The number of anilines is 1. The van der Waals surface area contributed by atoms with Crippen LogP contribution in [0.2, 0.25) is 0 Å². The van der Waals surface area contributed by atoms with Crippen molar-refractivity contribution in [2.45, 2.75) is 25.5 Å². The van der Waals surface area contributed by atoms with Gasteiger partial charge < -0.3 is 19.3 Å². The fourth-order valence-corrected chi connectivity index (χ4v) is 5.09. The second-order valence-electron chi connectivity index (χ2n) is 8.05. The molecule has 1 amide bonds. The quantitative estimate of drug-likeness (QED) is 0.335. The normalized spacial score (nSPS) is 20.9. The summed E-state index contributed by atoms with van der Waals surface area (Å²) < 4.78 is 16.5. The topological polar surface area (TPSA) is 98.2 Å². The lowest BCUT2D eigenvalue weighted by atomic mass is 9.94. The highest BCUT2D eigenvalue weighted by Gasteiger charge is 2.48. The number of hydrogen-bond donors (Lipinski definition) is 1. The first-order valence-corrected chi connectivity index (χ1v) is 11.5. The summed E-state index contributed by atoms with van der Waals surface area (Å²) in [5.41, 5.74) is 1.94. The summed E-state index contributed by atoms with van der Waals surface area (Å²) in [6, 6.07) is 9.51. The number of carbonyl (C=O) groups is 2. The Labute approximate surface area is 200 Å². The van der Waals surface area contributed by atoms with Crippen LogP contribution >= 0.6 is 11.3 Å². The molecule has 1 N–H and O–H groups in total. The number of fused-ring (bicyclic) bond motifs is 1. The molecule has 174 valence electrons. The minimum Gasteiger partial charge on any atom is -0.507 e. The lowest BCUT2D eigenvalue weighted by Crippen LogP contribution is -2.29. The van der Waals surface area contributed by atoms with E-state index in [1.165, 1.54) is 30.5 Å². The van der Waals surface area contributed by atoms with Crippen molar-refractivity contribution in [1.82, 2.24) is 4.98 Å². The molecule has 0 unspecified atom stereocenters. The van der Waals surface area contributed by atoms with E-state index >= 15 is 0 Å². The van der Waals surface area contributed by atoms with E-state index in [0.29, 0.717) is 34.2 Å². The highest BCUT2D eigenvalue weighted by molar-refractivity contribution is 7.14. The maximum atomic E-state index is 13.3. The van der Waals surface area contributed by atoms with Crippen molar-refractivity contribution < 1.29 is 28.9 Å². The first kappa shape index (κ1) is 22.0. The molecule has 2 atom stereocenters. The van der Waals surface area contributed by atoms with E-state index in [-0.39, 0.29) is 17.4 Å². The van der Waals surface area contributed by atoms with Gasteiger partial charge in [0.05, 0.1) is 25.8 Å². The number of aliphatic hydroxyl groups is 1. The highest BCUT2D eigenvalue weighted by Crippen LogP contribution is 2.45. The van der Waals surface area contributed by atoms with Gasteiger partial charge in [-0.2, -0.15) is 0 Å². The molecule has 0 bridgehead atoms. The molecule has 3 heterocycles. The molecule has 1 aromatic heterocycles. The van der Waals surface area contributed by atoms with E-state index < -0.39 is 17.7 Å². The number of benzene rings is 2. The molecule has 2 aliphatic rings. The number of rotatable bonds is 5. The van der Waals surface area contributed by atoms with Gasteiger partial charge in [0.25, 0.3) is 5.78 Å². The Hall–Kier alpha value is -3.85. The SMILES string of the molecule is COc1ccc([C@@H]2/C(=C(\O)c3ccc4c(c3)C[C@@H](C)O4)C(=O)C(=O)N2c2nccs2)cc1OC. The van der Waals surface area contributed by atoms with Gasteiger partial charge in [0.1, 0.15) is 17.6 Å². The second-order valence-corrected chi connectivity index (χ2v) is 8.93. The summed E-state index contributed by atoms with van der Waals surface area (Å²) in [4.78, 5) is 32.0. The number of amides is 1. The van der Waals surface area contributed by atoms with Crippen LogP contribution in [0.15, 0.2) is 53.5 Å². The summed E-state index contributed by atoms with van der Waals surface area (Å²) in [5, 5.41) is 13.4. The number of aliphatic hydroxyl groups excluding tert-OH is 1. The molecular formula is C25H22N2O6S. The van der Waals surface area contributed by atoms with E-state index in [4.69, 9.17) is 14.2 Å². The first-order chi connectivity index (χ1) is 16.4. The Morgan fingerprint density at radius 2 is 1.94 bits per heavy atom. The molecule has 0 spiro atoms. The fourth-order valence-electron chi connectivity index (χ4n) is 4.43. The monoisotopic (exact) mass is 478 g/mol. The van der Waals surface area contributed by atoms with E-state index in [1.807, 2.05) is 6.92 Å². The van der Waals surface area contributed by atoms with Crippen molar-refractivity contribution in [2.75, 3.05) is 19.1 Å². The van der Waals surface area contributed by atoms with E-state index in [9.17, 15) is 14.7 Å². The van der Waals surface area contributed by atoms with Crippen LogP contribution in [0.1, 0.15) is 29.7 Å². The number of ketones is 1. The molecule has 8 nitrogen and oxygen atoms in total. The van der Waals surface area contributed by atoms with Crippen molar-refractivity contribution in [3.63, 3.8) is 0 Å². The first-order valence-electron chi connectivity index (χ1n) is 10.6. The molecule has 2 aromatic carbocycles. The molecule has 34 heavy (non-hydrogen) atoms. The zero-order valence-electron chi connectivity index (χ0n) is 18.8. The number of carbonyl (C=O) groups excluding carboxylic acids is 2. The largest absolute Gasteiger partial charge is 0.507 e. The van der Waals surface area contributed by atoms with Crippen LogP contribution in [0, 0.1) is 0 Å². The van der Waals surface area contributed by atoms with E-state index in [0.717, 1.165) is 11.3 Å². The third-order valence-corrected chi connectivity index (χ3v) is 6.73. The van der Waals surface area contributed by atoms with Gasteiger partial charge in [0.15, 0.2) is 16.6 Å². The molecule has 0 saturated carbocycles. The molecule has 2 aliphatic heterocycles. The zero-order valence-corrected chi connectivity index (χ0v) is 19.6. The van der Waals surface area contributed by atoms with Crippen LogP contribution in [0.25, 0.3) is 5.76 Å². The van der Waals surface area contributed by atoms with Gasteiger partial charge in [0, 0.05) is 23.6 Å². The van der Waals surface area contributed by atoms with Crippen LogP contribution in [0.4, 0.5) is 5.13 Å². The van der Waals surface area contributed by atoms with Crippen LogP contribution < -0.4 is 19.1 Å². The molecule has 3 aromatic rings. The molecule has 1 saturated heterocycles. The van der Waals surface area contributed by atoms with Crippen LogP contribution in [0.3, 0.4) is 0 Å². The number of Topliss-reactive ketones (excluding diaryl/α,β-unsaturated/α-hetero) is 1. The van der Waals surface area contributed by atoms with Crippen LogP contribution in [0.5, 0.6) is 17.2 Å². The smallest absolute Gasteiger partial charge is 0.301 e. The molecule has 9 heteroatoms. The summed E-state index contributed by atoms with van der Waals surface area (Å²) in [6.07, 6.45) is 2.30. The Morgan fingerprint density at radius 1 is 1.15 bits per heavy atom. The Bertz CT molecular complexity index is 1320. The predicted molar refractivity (Wildman–Crippen MR) is 127 cm³/mol. The molecule has 5 rings (SSSR count). The fraction of sp³-hybridized carbons (Fsp3) is 0.240. The number of hydrogen-bond acceptors (Lipinski definition) is 8. The lowest BCUT2D eigenvalue weighted by Gasteiger charge is -2.23. The summed E-state index contributed by atoms with van der Waals surface area (Å²) in [7, 11) is 3.03. The van der Waals surface area contributed by atoms with Crippen LogP contribution in [-0.4, -0.2) is 42.1 Å². The number of ether oxygens (including phenoxy) is 3. The van der Waals surface area contributed by atoms with Crippen molar-refractivity contribution in [3.05, 3.63) is 70.2 Å². The maximum absolute atomic E-state index is 13.3. The average Bonchev–Trinajstić information content (AvgIpc) is 3.56.